The number of rotatable bonds is 5. The van der Waals surface area contributed by atoms with Crippen molar-refractivity contribution >= 4 is 62.2 Å². The van der Waals surface area contributed by atoms with Gasteiger partial charge in [0.25, 0.3) is 11.1 Å². The van der Waals surface area contributed by atoms with Crippen LogP contribution in [0.4, 0.5) is 16.2 Å². The summed E-state index contributed by atoms with van der Waals surface area (Å²) in [5.41, 5.74) is 0.253. The zero-order chi connectivity index (χ0) is 21.1. The van der Waals surface area contributed by atoms with E-state index >= 15 is 0 Å². The van der Waals surface area contributed by atoms with E-state index in [4.69, 9.17) is 0 Å². The zero-order valence-electron chi connectivity index (χ0n) is 14.5. The van der Waals surface area contributed by atoms with Gasteiger partial charge in [0.15, 0.2) is 5.75 Å². The maximum atomic E-state index is 12.5. The van der Waals surface area contributed by atoms with Crippen molar-refractivity contribution in [3.8, 4) is 5.75 Å². The van der Waals surface area contributed by atoms with Gasteiger partial charge in [-0.1, -0.05) is 22.0 Å². The molecule has 0 unspecified atom stereocenters. The highest BCUT2D eigenvalue weighted by Crippen LogP contribution is 2.34. The number of phenolic OH excluding ortho intramolecular Hbond substituents is 1. The number of nitro groups is 1. The Hall–Kier alpha value is -3.18. The molecule has 11 heteroatoms. The van der Waals surface area contributed by atoms with Crippen LogP contribution in [0.1, 0.15) is 5.56 Å². The number of nitrogens with zero attached hydrogens (tertiary/aromatic N) is 2. The lowest BCUT2D eigenvalue weighted by Crippen LogP contribution is -2.36. The van der Waals surface area contributed by atoms with Crippen LogP contribution in [0.3, 0.4) is 0 Å². The second kappa shape index (κ2) is 8.45. The molecule has 29 heavy (non-hydrogen) atoms. The molecule has 3 amide bonds. The quantitative estimate of drug-likeness (QED) is 0.381. The number of thioether (sulfide) groups is 1. The topological polar surface area (TPSA) is 130 Å². The number of hydrogen-bond acceptors (Lipinski definition) is 7. The summed E-state index contributed by atoms with van der Waals surface area (Å²) < 4.78 is 0.834. The van der Waals surface area contributed by atoms with Crippen LogP contribution in [-0.4, -0.2) is 38.5 Å². The predicted molar refractivity (Wildman–Crippen MR) is 110 cm³/mol. The van der Waals surface area contributed by atoms with Gasteiger partial charge in [0.05, 0.1) is 9.83 Å². The Bertz CT molecular complexity index is 1050. The lowest BCUT2D eigenvalue weighted by Gasteiger charge is -2.12. The minimum Gasteiger partial charge on any atom is -0.502 e. The third kappa shape index (κ3) is 4.81. The third-order valence-corrected chi connectivity index (χ3v) is 5.23. The first kappa shape index (κ1) is 20.6. The number of amides is 3. The highest BCUT2D eigenvalue weighted by atomic mass is 79.9. The van der Waals surface area contributed by atoms with Gasteiger partial charge >= 0.3 is 5.69 Å². The van der Waals surface area contributed by atoms with Gasteiger partial charge in [0, 0.05) is 16.2 Å². The molecular weight excluding hydrogens is 466 g/mol. The summed E-state index contributed by atoms with van der Waals surface area (Å²) in [4.78, 5) is 47.8. The number of anilines is 1. The van der Waals surface area contributed by atoms with Gasteiger partial charge in [-0.2, -0.15) is 0 Å². The maximum absolute atomic E-state index is 12.5. The van der Waals surface area contributed by atoms with Gasteiger partial charge in [-0.05, 0) is 53.7 Å². The largest absolute Gasteiger partial charge is 0.502 e. The number of aromatic hydroxyl groups is 1. The second-order valence-electron chi connectivity index (χ2n) is 5.83. The highest BCUT2D eigenvalue weighted by molar-refractivity contribution is 9.10. The van der Waals surface area contributed by atoms with E-state index in [2.05, 4.69) is 21.2 Å². The van der Waals surface area contributed by atoms with Gasteiger partial charge in [-0.15, -0.1) is 0 Å². The van der Waals surface area contributed by atoms with E-state index in [-0.39, 0.29) is 10.5 Å². The fraction of sp³-hybridized carbons (Fsp3) is 0.0556. The minimum absolute atomic E-state index is 0.0198. The van der Waals surface area contributed by atoms with Crippen LogP contribution in [0.5, 0.6) is 5.75 Å². The molecule has 0 bridgehead atoms. The summed E-state index contributed by atoms with van der Waals surface area (Å²) in [5, 5.41) is 22.4. The Balaban J connectivity index is 1.73. The average molecular weight is 478 g/mol. The van der Waals surface area contributed by atoms with Crippen molar-refractivity contribution in [1.29, 1.82) is 0 Å². The lowest BCUT2D eigenvalue weighted by atomic mass is 10.1. The Labute approximate surface area is 176 Å². The molecule has 2 aromatic carbocycles. The van der Waals surface area contributed by atoms with Crippen molar-refractivity contribution < 1.29 is 24.4 Å². The first-order chi connectivity index (χ1) is 13.7. The van der Waals surface area contributed by atoms with Crippen LogP contribution >= 0.6 is 27.7 Å². The number of nitrogens with one attached hydrogen (secondary N) is 1. The van der Waals surface area contributed by atoms with E-state index in [1.807, 2.05) is 0 Å². The van der Waals surface area contributed by atoms with E-state index in [9.17, 15) is 29.6 Å². The van der Waals surface area contributed by atoms with E-state index in [0.29, 0.717) is 17.4 Å². The van der Waals surface area contributed by atoms with Crippen LogP contribution < -0.4 is 5.32 Å². The van der Waals surface area contributed by atoms with Crippen molar-refractivity contribution in [1.82, 2.24) is 4.90 Å². The van der Waals surface area contributed by atoms with E-state index < -0.39 is 40.0 Å². The van der Waals surface area contributed by atoms with Gasteiger partial charge in [-0.3, -0.25) is 29.4 Å². The van der Waals surface area contributed by atoms with Crippen molar-refractivity contribution in [2.24, 2.45) is 0 Å². The number of benzene rings is 2. The Morgan fingerprint density at radius 2 is 1.93 bits per heavy atom. The Morgan fingerprint density at radius 1 is 1.24 bits per heavy atom. The van der Waals surface area contributed by atoms with Crippen molar-refractivity contribution in [3.63, 3.8) is 0 Å². The normalized spacial score (nSPS) is 15.1. The molecule has 1 aliphatic rings. The summed E-state index contributed by atoms with van der Waals surface area (Å²) in [6, 6.07) is 10.4. The molecule has 0 aromatic heterocycles. The molecule has 0 spiro atoms. The van der Waals surface area contributed by atoms with E-state index in [1.54, 1.807) is 24.3 Å². The smallest absolute Gasteiger partial charge is 0.311 e. The number of hydrogen-bond donors (Lipinski definition) is 2. The highest BCUT2D eigenvalue weighted by Gasteiger charge is 2.36. The van der Waals surface area contributed by atoms with E-state index in [0.717, 1.165) is 21.5 Å². The van der Waals surface area contributed by atoms with Crippen LogP contribution in [0.2, 0.25) is 0 Å². The monoisotopic (exact) mass is 477 g/mol. The van der Waals surface area contributed by atoms with Gasteiger partial charge in [-0.25, -0.2) is 0 Å². The number of carbonyl (C=O) groups excluding carboxylic acids is 3. The molecule has 9 nitrogen and oxygen atoms in total. The lowest BCUT2D eigenvalue weighted by molar-refractivity contribution is -0.385. The number of phenols is 1. The molecule has 3 rings (SSSR count). The van der Waals surface area contributed by atoms with Crippen LogP contribution in [0.25, 0.3) is 6.08 Å². The summed E-state index contributed by atoms with van der Waals surface area (Å²) >= 11 is 3.90. The molecule has 148 valence electrons. The third-order valence-electron chi connectivity index (χ3n) is 3.80. The zero-order valence-corrected chi connectivity index (χ0v) is 16.9. The molecule has 1 aliphatic heterocycles. The standard InChI is InChI=1S/C18H12BrN3O6S/c19-11-2-4-12(5-3-11)20-16(24)9-21-17(25)15(29-18(21)26)8-10-1-6-14(23)13(7-10)22(27)28/h1-8,23H,9H2,(H,20,24)/b15-8-. The van der Waals surface area contributed by atoms with Gasteiger partial charge in [0.1, 0.15) is 6.54 Å². The summed E-state index contributed by atoms with van der Waals surface area (Å²) in [6.45, 7) is -0.464. The van der Waals surface area contributed by atoms with Crippen LogP contribution in [-0.2, 0) is 9.59 Å². The molecule has 2 N–H and O–H groups in total. The fourth-order valence-corrected chi connectivity index (χ4v) is 3.54. The molecule has 1 heterocycles. The number of imide groups is 1. The summed E-state index contributed by atoms with van der Waals surface area (Å²) in [5.74, 6) is -1.73. The maximum Gasteiger partial charge on any atom is 0.311 e. The number of nitro benzene ring substituents is 1. The van der Waals surface area contributed by atoms with Gasteiger partial charge in [0.2, 0.25) is 5.91 Å². The molecule has 2 aromatic rings. The van der Waals surface area contributed by atoms with E-state index in [1.165, 1.54) is 12.1 Å². The van der Waals surface area contributed by atoms with Crippen molar-refractivity contribution in [2.45, 2.75) is 0 Å². The summed E-state index contributed by atoms with van der Waals surface area (Å²) in [6.07, 6.45) is 1.30. The Morgan fingerprint density at radius 3 is 2.59 bits per heavy atom. The minimum atomic E-state index is -0.759. The van der Waals surface area contributed by atoms with Gasteiger partial charge < -0.3 is 10.4 Å². The van der Waals surface area contributed by atoms with Crippen LogP contribution in [0.15, 0.2) is 51.8 Å². The second-order valence-corrected chi connectivity index (χ2v) is 7.74. The van der Waals surface area contributed by atoms with Crippen molar-refractivity contribution in [3.05, 3.63) is 67.5 Å². The molecule has 0 radical (unpaired) electrons. The van der Waals surface area contributed by atoms with Crippen molar-refractivity contribution in [2.75, 3.05) is 11.9 Å². The summed E-state index contributed by atoms with van der Waals surface area (Å²) in [7, 11) is 0. The molecule has 1 saturated heterocycles. The number of halogens is 1. The van der Waals surface area contributed by atoms with Crippen LogP contribution in [0, 0.1) is 10.1 Å². The Kier molecular flexibility index (Phi) is 5.99. The molecule has 1 fully saturated rings. The molecular formula is C18H12BrN3O6S. The first-order valence-corrected chi connectivity index (χ1v) is 9.64. The predicted octanol–water partition coefficient (Wildman–Crippen LogP) is 3.74. The average Bonchev–Trinajstić information content (AvgIpc) is 2.92. The first-order valence-electron chi connectivity index (χ1n) is 8.03. The number of carbonyl (C=O) groups is 3. The molecule has 0 aliphatic carbocycles. The molecule has 0 atom stereocenters. The fourth-order valence-electron chi connectivity index (χ4n) is 2.44. The molecule has 0 saturated carbocycles. The SMILES string of the molecule is O=C(CN1C(=O)S/C(=C\c2ccc(O)c([N+](=O)[O-])c2)C1=O)Nc1ccc(Br)cc1.